The van der Waals surface area contributed by atoms with Crippen molar-refractivity contribution in [2.24, 2.45) is 50.2 Å². The molecule has 0 aromatic carbocycles. The van der Waals surface area contributed by atoms with Crippen molar-refractivity contribution in [3.63, 3.8) is 0 Å². The minimum atomic E-state index is -1.98. The maximum atomic E-state index is 15.7. The van der Waals surface area contributed by atoms with Crippen LogP contribution in [0.5, 0.6) is 0 Å². The first kappa shape index (κ1) is 66.3. The molecule has 4 saturated carbocycles. The van der Waals surface area contributed by atoms with Gasteiger partial charge in [-0.2, -0.15) is 0 Å². The highest BCUT2D eigenvalue weighted by Crippen LogP contribution is 2.76. The van der Waals surface area contributed by atoms with E-state index in [1.807, 2.05) is 6.92 Å². The lowest BCUT2D eigenvalue weighted by atomic mass is 9.33. The number of ether oxygens (including phenoxy) is 10. The number of aliphatic hydroxyl groups excluding tert-OH is 12. The molecule has 0 spiro atoms. The molecule has 30 unspecified atom stereocenters. The second-order valence-electron chi connectivity index (χ2n) is 27.2. The summed E-state index contributed by atoms with van der Waals surface area (Å²) in [7, 11) is 0. The zero-order chi connectivity index (χ0) is 62.6. The normalized spacial score (nSPS) is 51.3. The Balaban J connectivity index is 1.03. The Kier molecular flexibility index (Phi) is 18.9. The molecule has 9 rings (SSSR count). The van der Waals surface area contributed by atoms with Crippen molar-refractivity contribution in [1.82, 2.24) is 0 Å². The summed E-state index contributed by atoms with van der Waals surface area (Å²) in [5.74, 6) is -5.41. The zero-order valence-corrected chi connectivity index (χ0v) is 49.5. The molecule has 9 aliphatic rings. The SMILES string of the molecule is CC(=O)OC1C(C)OC(OC(=O)C23CCC(C)(C)CC2C2=CCC4C5(C)CC(O)C(OC6OC(CO)C(O)C(O)C6OC6OC(CO)C(O)C(O)C6O)C(C)(C(=O)O)C5CCC4(C)C2(CO)CC3)C(OC2OC(C)C(O)C(O)C2O)C1OC(C)=O. The molecule has 4 heterocycles. The maximum absolute atomic E-state index is 15.7. The van der Waals surface area contributed by atoms with Crippen LogP contribution in [-0.4, -0.2) is 245 Å². The van der Waals surface area contributed by atoms with Crippen molar-refractivity contribution in [3.8, 4) is 0 Å². The van der Waals surface area contributed by atoms with Crippen LogP contribution in [-0.2, 0) is 66.5 Å². The van der Waals surface area contributed by atoms with Gasteiger partial charge in [-0.05, 0) is 113 Å². The predicted octanol–water partition coefficient (Wildman–Crippen LogP) is -1.83. The Bertz CT molecular complexity index is 2480. The molecule has 8 fully saturated rings. The van der Waals surface area contributed by atoms with Gasteiger partial charge in [0.25, 0.3) is 0 Å². The number of carboxylic acids is 1. The first-order valence-electron chi connectivity index (χ1n) is 29.7. The zero-order valence-electron chi connectivity index (χ0n) is 49.5. The quantitative estimate of drug-likeness (QED) is 0.0394. The Morgan fingerprint density at radius 1 is 0.565 bits per heavy atom. The molecule has 5 aliphatic carbocycles. The number of hydrogen-bond donors (Lipinski definition) is 13. The summed E-state index contributed by atoms with van der Waals surface area (Å²) in [5, 5.41) is 143. The summed E-state index contributed by atoms with van der Waals surface area (Å²) in [4.78, 5) is 55.1. The van der Waals surface area contributed by atoms with Gasteiger partial charge in [-0.25, -0.2) is 0 Å². The lowest BCUT2D eigenvalue weighted by molar-refractivity contribution is -0.382. The molecule has 4 saturated heterocycles. The summed E-state index contributed by atoms with van der Waals surface area (Å²) in [6.07, 6.45) is -31.9. The van der Waals surface area contributed by atoms with E-state index in [0.717, 1.165) is 19.4 Å². The lowest BCUT2D eigenvalue weighted by Gasteiger charge is -2.71. The van der Waals surface area contributed by atoms with Crippen LogP contribution in [0.3, 0.4) is 0 Å². The number of esters is 3. The van der Waals surface area contributed by atoms with Crippen molar-refractivity contribution in [2.75, 3.05) is 19.8 Å². The van der Waals surface area contributed by atoms with Gasteiger partial charge in [-0.1, -0.05) is 39.3 Å². The number of aliphatic hydroxyl groups is 12. The third-order valence-corrected chi connectivity index (χ3v) is 21.9. The molecule has 0 radical (unpaired) electrons. The molecule has 0 aromatic rings. The van der Waals surface area contributed by atoms with Gasteiger partial charge in [0.2, 0.25) is 6.29 Å². The summed E-state index contributed by atoms with van der Waals surface area (Å²) in [6.45, 7) is 12.8. The molecular formula is C58H90O27. The summed E-state index contributed by atoms with van der Waals surface area (Å²) < 4.78 is 60.1. The standard InChI is InChI=1S/C58H90O27/c1-23-34(65)37(68)40(71)47(76-23)83-45-44(79-26(4)63)42(78-25(3)62)24(2)77-50(45)85-52(75)57-15-14-53(5,6)18-28(57)27-10-11-32-54(7)19-29(64)46(56(9,51(73)74)33(54)12-13-55(32,8)58(27,22-61)17-16-57)84-49-43(39(70)36(67)31(21-60)81-49)82-48-41(72)38(69)35(66)30(20-59)80-48/h10,23-24,28-50,59-61,64-72H,11-22H2,1-9H3,(H,73,74). The fraction of sp³-hybridized carbons (Fsp3) is 0.897. The van der Waals surface area contributed by atoms with Crippen molar-refractivity contribution in [3.05, 3.63) is 11.6 Å². The van der Waals surface area contributed by atoms with Crippen LogP contribution in [0.15, 0.2) is 11.6 Å². The molecule has 0 amide bonds. The average molecular weight is 1220 g/mol. The molecule has 484 valence electrons. The van der Waals surface area contributed by atoms with Gasteiger partial charge in [0.15, 0.2) is 37.2 Å². The lowest BCUT2D eigenvalue weighted by Crippen LogP contribution is -2.71. The van der Waals surface area contributed by atoms with Gasteiger partial charge in [-0.15, -0.1) is 0 Å². The van der Waals surface area contributed by atoms with Crippen molar-refractivity contribution in [2.45, 2.75) is 255 Å². The molecule has 0 aromatic heterocycles. The summed E-state index contributed by atoms with van der Waals surface area (Å²) in [6, 6.07) is 0. The Labute approximate surface area is 492 Å². The fourth-order valence-corrected chi connectivity index (χ4v) is 17.2. The number of carbonyl (C=O) groups is 4. The van der Waals surface area contributed by atoms with Crippen LogP contribution >= 0.6 is 0 Å². The number of fused-ring (bicyclic) bond motifs is 7. The number of hydrogen-bond acceptors (Lipinski definition) is 26. The van der Waals surface area contributed by atoms with E-state index in [2.05, 4.69) is 26.8 Å². The molecule has 30 atom stereocenters. The Morgan fingerprint density at radius 3 is 1.72 bits per heavy atom. The predicted molar refractivity (Wildman–Crippen MR) is 284 cm³/mol. The van der Waals surface area contributed by atoms with E-state index in [0.29, 0.717) is 32.1 Å². The Hall–Kier alpha value is -3.14. The summed E-state index contributed by atoms with van der Waals surface area (Å²) >= 11 is 0. The fourth-order valence-electron chi connectivity index (χ4n) is 17.2. The van der Waals surface area contributed by atoms with E-state index in [4.69, 9.17) is 47.4 Å². The summed E-state index contributed by atoms with van der Waals surface area (Å²) in [5.41, 5.74) is -5.57. The van der Waals surface area contributed by atoms with Crippen molar-refractivity contribution >= 4 is 23.9 Å². The van der Waals surface area contributed by atoms with Crippen LogP contribution in [0.1, 0.15) is 120 Å². The second-order valence-corrected chi connectivity index (χ2v) is 27.2. The second kappa shape index (κ2) is 24.2. The van der Waals surface area contributed by atoms with E-state index in [1.54, 1.807) is 0 Å². The van der Waals surface area contributed by atoms with Crippen molar-refractivity contribution < 1.29 is 133 Å². The third kappa shape index (κ3) is 11.0. The topological polar surface area (TPSA) is 424 Å². The van der Waals surface area contributed by atoms with Crippen LogP contribution in [0.2, 0.25) is 0 Å². The number of aliphatic carboxylic acids is 1. The number of carboxylic acid groups (broad SMARTS) is 1. The van der Waals surface area contributed by atoms with Gasteiger partial charge in [-0.3, -0.25) is 19.2 Å². The van der Waals surface area contributed by atoms with E-state index < -0.39 is 217 Å². The molecule has 27 nitrogen and oxygen atoms in total. The van der Waals surface area contributed by atoms with Crippen LogP contribution in [0, 0.1) is 50.2 Å². The molecule has 85 heavy (non-hydrogen) atoms. The molecule has 0 bridgehead atoms. The number of carbonyl (C=O) groups excluding carboxylic acids is 3. The third-order valence-electron chi connectivity index (χ3n) is 21.9. The van der Waals surface area contributed by atoms with Crippen LogP contribution in [0.25, 0.3) is 0 Å². The monoisotopic (exact) mass is 1220 g/mol. The minimum absolute atomic E-state index is 0.0560. The number of allylic oxidation sites excluding steroid dienone is 1. The highest BCUT2D eigenvalue weighted by atomic mass is 16.8. The molecule has 13 N–H and O–H groups in total. The number of rotatable bonds is 14. The highest BCUT2D eigenvalue weighted by Gasteiger charge is 2.74. The highest BCUT2D eigenvalue weighted by molar-refractivity contribution is 5.79. The van der Waals surface area contributed by atoms with Gasteiger partial charge in [0.05, 0.1) is 49.0 Å². The smallest absolute Gasteiger partial charge is 0.315 e. The molecule has 27 heteroatoms. The van der Waals surface area contributed by atoms with Crippen LogP contribution < -0.4 is 0 Å². The van der Waals surface area contributed by atoms with E-state index in [1.165, 1.54) is 20.8 Å². The van der Waals surface area contributed by atoms with Gasteiger partial charge in [0, 0.05) is 19.3 Å². The largest absolute Gasteiger partial charge is 0.481 e. The average Bonchev–Trinajstić information content (AvgIpc) is 0.784. The van der Waals surface area contributed by atoms with Gasteiger partial charge >= 0.3 is 23.9 Å². The first-order chi connectivity index (χ1) is 39.7. The van der Waals surface area contributed by atoms with Crippen molar-refractivity contribution in [1.29, 1.82) is 0 Å². The maximum Gasteiger partial charge on any atom is 0.315 e. The Morgan fingerprint density at radius 2 is 1.12 bits per heavy atom. The van der Waals surface area contributed by atoms with E-state index in [9.17, 15) is 80.8 Å². The molecule has 4 aliphatic heterocycles. The first-order valence-corrected chi connectivity index (χ1v) is 29.7. The van der Waals surface area contributed by atoms with Crippen LogP contribution in [0.4, 0.5) is 0 Å². The molecular weight excluding hydrogens is 1130 g/mol. The van der Waals surface area contributed by atoms with E-state index >= 15 is 4.79 Å². The van der Waals surface area contributed by atoms with Gasteiger partial charge < -0.3 is 114 Å². The van der Waals surface area contributed by atoms with Gasteiger partial charge in [0.1, 0.15) is 73.2 Å². The minimum Gasteiger partial charge on any atom is -0.481 e. The van der Waals surface area contributed by atoms with E-state index in [-0.39, 0.29) is 37.7 Å².